The van der Waals surface area contributed by atoms with Crippen LogP contribution in [0.3, 0.4) is 0 Å². The van der Waals surface area contributed by atoms with Gasteiger partial charge in [-0.15, -0.1) is 5.10 Å². The van der Waals surface area contributed by atoms with E-state index in [0.717, 1.165) is 15.3 Å². The summed E-state index contributed by atoms with van der Waals surface area (Å²) in [6.45, 7) is 0.577. The van der Waals surface area contributed by atoms with E-state index in [1.165, 1.54) is 24.0 Å². The van der Waals surface area contributed by atoms with Gasteiger partial charge >= 0.3 is 102 Å². The van der Waals surface area contributed by atoms with Crippen LogP contribution < -0.4 is 119 Å². The average molecular weight is 755 g/mol. The van der Waals surface area contributed by atoms with Crippen molar-refractivity contribution >= 4 is 34.2 Å². The third-order valence-electron chi connectivity index (χ3n) is 6.70. The van der Waals surface area contributed by atoms with Gasteiger partial charge in [0.25, 0.3) is 13.4 Å². The Morgan fingerprint density at radius 2 is 1.71 bits per heavy atom. The normalized spacial score (nSPS) is 20.1. The van der Waals surface area contributed by atoms with Crippen molar-refractivity contribution in [2.75, 3.05) is 13.7 Å². The zero-order valence-electron chi connectivity index (χ0n) is 26.2. The van der Waals surface area contributed by atoms with E-state index in [2.05, 4.69) is 23.9 Å². The second-order valence-electron chi connectivity index (χ2n) is 9.72. The molecule has 48 heavy (non-hydrogen) atoms. The fraction of sp³-hybridized carbons (Fsp3) is 0.304. The summed E-state index contributed by atoms with van der Waals surface area (Å²) in [4.78, 5) is 69.6. The van der Waals surface area contributed by atoms with Crippen LogP contribution in [0.25, 0.3) is 22.0 Å². The molecule has 5 rings (SSSR count). The number of hydrogen-bond acceptors (Lipinski definition) is 15. The number of benzene rings is 2. The monoisotopic (exact) mass is 755 g/mol. The van der Waals surface area contributed by atoms with Crippen molar-refractivity contribution in [3.8, 4) is 17.0 Å². The van der Waals surface area contributed by atoms with Crippen LogP contribution in [0.5, 0.6) is 5.75 Å². The summed E-state index contributed by atoms with van der Waals surface area (Å²) in [5.41, 5.74) is -0.156. The van der Waals surface area contributed by atoms with Crippen molar-refractivity contribution in [3.05, 3.63) is 75.2 Å². The Hall–Kier alpha value is -0.310. The van der Waals surface area contributed by atoms with Crippen LogP contribution in [-0.2, 0) is 31.6 Å². The van der Waals surface area contributed by atoms with Gasteiger partial charge in [0.15, 0.2) is 0 Å². The van der Waals surface area contributed by atoms with E-state index >= 15 is 0 Å². The molecule has 1 saturated heterocycles. The molecule has 2 unspecified atom stereocenters. The number of nitrogens with zero attached hydrogens (tertiary/aromatic N) is 4. The van der Waals surface area contributed by atoms with Gasteiger partial charge in [0.2, 0.25) is 0 Å². The van der Waals surface area contributed by atoms with Crippen LogP contribution in [0.4, 0.5) is 0 Å². The van der Waals surface area contributed by atoms with Gasteiger partial charge in [-0.2, -0.15) is 0 Å². The minimum atomic E-state index is -6.16. The number of aromatic amines is 1. The maximum atomic E-state index is 12.6. The largest absolute Gasteiger partial charge is 1.00 e. The van der Waals surface area contributed by atoms with E-state index in [9.17, 15) is 42.9 Å². The van der Waals surface area contributed by atoms with Gasteiger partial charge < -0.3 is 33.6 Å². The zero-order chi connectivity index (χ0) is 32.7. The number of phosphoric acid groups is 3. The van der Waals surface area contributed by atoms with Crippen LogP contribution in [0, 0.1) is 6.92 Å². The van der Waals surface area contributed by atoms with Crippen LogP contribution >= 0.6 is 23.5 Å². The smallest absolute Gasteiger partial charge is 0.790 e. The van der Waals surface area contributed by atoms with Crippen LogP contribution in [0.15, 0.2) is 58.4 Å². The molecule has 0 radical (unpaired) electrons. The quantitative estimate of drug-likeness (QED) is 0.106. The summed E-state index contributed by atoms with van der Waals surface area (Å²) in [5.74, 6) is 0.659. The molecule has 0 bridgehead atoms. The van der Waals surface area contributed by atoms with Crippen LogP contribution in [0.1, 0.15) is 24.3 Å². The first-order valence-electron chi connectivity index (χ1n) is 12.7. The number of aryl methyl sites for hydroxylation is 1. The van der Waals surface area contributed by atoms with Gasteiger partial charge in [-0.05, 0) is 35.9 Å². The van der Waals surface area contributed by atoms with Gasteiger partial charge in [-0.25, -0.2) is 18.4 Å². The number of aromatic nitrogens is 5. The molecule has 0 spiro atoms. The van der Waals surface area contributed by atoms with Crippen LogP contribution in [-0.4, -0.2) is 49.3 Å². The summed E-state index contributed by atoms with van der Waals surface area (Å²) in [6.07, 6.45) is 0.325. The third kappa shape index (κ3) is 10.9. The molecule has 3 heterocycles. The van der Waals surface area contributed by atoms with Gasteiger partial charge in [0.05, 0.1) is 39.5 Å². The Kier molecular flexibility index (Phi) is 16.0. The first-order valence-corrected chi connectivity index (χ1v) is 17.1. The number of methoxy groups -OCH3 is 1. The standard InChI is InChI=1S/C23H26N5O14P3.3Na/c1-13-11-27(23(30)25-22(13)29)21-9-18(20(40-21)12-39-44(34,35)42-45(36,37)41-43(31,32)33)28-19(10-24-26-28)16-4-3-15-8-17(38-2)6-5-14(15)7-16;;;/h3-8,10-11,18,20-21H,9,12H2,1-2H3,(H,34,35)(H,36,37)(H,25,29,30)(H2,31,32,33);;;/q;3*+1/p-3/t18-,20+,21+;;;/m0.../s1. The summed E-state index contributed by atoms with van der Waals surface area (Å²) in [7, 11) is -16.4. The second kappa shape index (κ2) is 17.5. The molecule has 1 fully saturated rings. The Morgan fingerprint density at radius 3 is 2.38 bits per heavy atom. The molecule has 0 aliphatic carbocycles. The van der Waals surface area contributed by atoms with Gasteiger partial charge in [-0.3, -0.25) is 27.7 Å². The predicted octanol–water partition coefficient (Wildman–Crippen LogP) is -8.75. The Balaban J connectivity index is 0.00000267. The topological polar surface area (TPSA) is 272 Å². The van der Waals surface area contributed by atoms with Gasteiger partial charge in [0, 0.05) is 23.7 Å². The molecule has 0 saturated carbocycles. The summed E-state index contributed by atoms with van der Waals surface area (Å²) in [6, 6.07) is 10.1. The number of ether oxygens (including phenoxy) is 2. The molecule has 2 aromatic carbocycles. The molecule has 242 valence electrons. The Labute approximate surface area is 337 Å². The number of H-pyrrole nitrogens is 1. The zero-order valence-corrected chi connectivity index (χ0v) is 34.8. The minimum Gasteiger partial charge on any atom is -0.790 e. The molecule has 1 aliphatic rings. The summed E-state index contributed by atoms with van der Waals surface area (Å²) >= 11 is 0. The maximum absolute atomic E-state index is 12.6. The predicted molar refractivity (Wildman–Crippen MR) is 146 cm³/mol. The minimum absolute atomic E-state index is 0. The number of rotatable bonds is 11. The second-order valence-corrected chi connectivity index (χ2v) is 14.0. The molecule has 19 nitrogen and oxygen atoms in total. The Bertz CT molecular complexity index is 2020. The molecule has 5 atom stereocenters. The van der Waals surface area contributed by atoms with Gasteiger partial charge in [-0.1, -0.05) is 23.4 Å². The third-order valence-corrected chi connectivity index (χ3v) is 10.4. The van der Waals surface area contributed by atoms with E-state index in [1.807, 2.05) is 24.3 Å². The molecular formula is C23H23N5Na3O14P3. The van der Waals surface area contributed by atoms with E-state index in [1.54, 1.807) is 19.2 Å². The molecular weight excluding hydrogens is 732 g/mol. The average Bonchev–Trinajstić information content (AvgIpc) is 3.58. The Morgan fingerprint density at radius 1 is 1.04 bits per heavy atom. The maximum Gasteiger partial charge on any atom is 1.00 e. The van der Waals surface area contributed by atoms with E-state index in [4.69, 9.17) is 14.0 Å². The molecule has 2 aromatic heterocycles. The van der Waals surface area contributed by atoms with E-state index in [0.29, 0.717) is 17.0 Å². The first-order chi connectivity index (χ1) is 21.0. The van der Waals surface area contributed by atoms with E-state index < -0.39 is 59.7 Å². The summed E-state index contributed by atoms with van der Waals surface area (Å²) in [5, 5.41) is 9.86. The first kappa shape index (κ1) is 43.9. The SMILES string of the molecule is COc1ccc2cc(-c3cnnn3[C@H]3C[C@H](n4cc(C)c(=O)[nH]c4=O)O[C@@H]3COP(=O)(O)OP(=O)([O-])OP(=O)([O-])[O-])ccc2c1.[Na+].[Na+].[Na+]. The fourth-order valence-corrected chi connectivity index (χ4v) is 7.66. The molecule has 2 N–H and O–H groups in total. The molecule has 4 aromatic rings. The van der Waals surface area contributed by atoms with Crippen LogP contribution in [0.2, 0.25) is 0 Å². The van der Waals surface area contributed by atoms with Crippen molar-refractivity contribution < 1.29 is 145 Å². The van der Waals surface area contributed by atoms with E-state index in [-0.39, 0.29) is 101 Å². The van der Waals surface area contributed by atoms with Crippen molar-refractivity contribution in [1.29, 1.82) is 0 Å². The fourth-order valence-electron chi connectivity index (χ4n) is 4.75. The van der Waals surface area contributed by atoms with Crippen molar-refractivity contribution in [2.24, 2.45) is 0 Å². The number of fused-ring (bicyclic) bond motifs is 1. The molecule has 0 amide bonds. The van der Waals surface area contributed by atoms with Crippen molar-refractivity contribution in [1.82, 2.24) is 24.5 Å². The number of hydrogen-bond donors (Lipinski definition) is 2. The van der Waals surface area contributed by atoms with Crippen molar-refractivity contribution in [2.45, 2.75) is 31.7 Å². The molecule has 25 heteroatoms. The van der Waals surface area contributed by atoms with Crippen molar-refractivity contribution in [3.63, 3.8) is 0 Å². The molecule has 1 aliphatic heterocycles. The number of nitrogens with one attached hydrogen (secondary N) is 1. The number of phosphoric ester groups is 1. The van der Waals surface area contributed by atoms with Gasteiger partial charge in [0.1, 0.15) is 18.1 Å². The summed E-state index contributed by atoms with van der Waals surface area (Å²) < 4.78 is 60.2.